The van der Waals surface area contributed by atoms with E-state index in [-0.39, 0.29) is 48.6 Å². The highest BCUT2D eigenvalue weighted by Crippen LogP contribution is 2.37. The lowest BCUT2D eigenvalue weighted by molar-refractivity contribution is -0.890. The molecular weight excluding hydrogens is 370 g/mol. The number of imide groups is 1. The Hall–Kier alpha value is -2.41. The molecule has 0 aromatic heterocycles. The van der Waals surface area contributed by atoms with Crippen molar-refractivity contribution < 1.29 is 24.0 Å². The Morgan fingerprint density at radius 1 is 1.21 bits per heavy atom. The lowest BCUT2D eigenvalue weighted by Crippen LogP contribution is -3.07. The zero-order valence-corrected chi connectivity index (χ0v) is 17.6. The average Bonchev–Trinajstić information content (AvgIpc) is 2.97. The smallest absolute Gasteiger partial charge is 0.233 e. The number of hydrogen-bond acceptors (Lipinski definition) is 4. The number of ether oxygens (including phenoxy) is 1. The Bertz CT molecular complexity index is 740. The summed E-state index contributed by atoms with van der Waals surface area (Å²) < 4.78 is 5.30. The van der Waals surface area contributed by atoms with Crippen molar-refractivity contribution in [3.63, 3.8) is 0 Å². The number of quaternary nitrogens is 1. The largest absolute Gasteiger partial charge is 0.497 e. The zero-order chi connectivity index (χ0) is 21.0. The van der Waals surface area contributed by atoms with Gasteiger partial charge in [-0.05, 0) is 25.0 Å². The van der Waals surface area contributed by atoms with Gasteiger partial charge in [-0.15, -0.1) is 0 Å². The zero-order valence-electron chi connectivity index (χ0n) is 17.6. The van der Waals surface area contributed by atoms with E-state index in [1.807, 2.05) is 38.4 Å². The van der Waals surface area contributed by atoms with Gasteiger partial charge in [-0.3, -0.25) is 19.3 Å². The van der Waals surface area contributed by atoms with Crippen LogP contribution in [0.25, 0.3) is 0 Å². The third kappa shape index (κ3) is 4.78. The maximum absolute atomic E-state index is 12.5. The number of likely N-dealkylation sites (tertiary alicyclic amines) is 1. The van der Waals surface area contributed by atoms with Gasteiger partial charge in [-0.25, -0.2) is 0 Å². The number of nitrogens with one attached hydrogen (secondary N) is 2. The quantitative estimate of drug-likeness (QED) is 0.623. The fraction of sp³-hybridized carbons (Fsp3) is 0.591. The average molecular weight is 403 g/mol. The van der Waals surface area contributed by atoms with Crippen molar-refractivity contribution in [3.05, 3.63) is 29.8 Å². The van der Waals surface area contributed by atoms with Crippen LogP contribution in [-0.4, -0.2) is 56.9 Å². The number of carbonyl (C=O) groups is 3. The topological polar surface area (TPSA) is 80.2 Å². The van der Waals surface area contributed by atoms with Gasteiger partial charge in [-0.1, -0.05) is 25.0 Å². The summed E-state index contributed by atoms with van der Waals surface area (Å²) in [5, 5.41) is 2.97. The molecule has 7 nitrogen and oxygen atoms in total. The number of carbonyl (C=O) groups excluding carboxylic acids is 3. The first-order chi connectivity index (χ1) is 13.9. The molecule has 2 aliphatic rings. The number of nitrogens with zero attached hydrogens (tertiary/aromatic N) is 1. The molecule has 1 saturated heterocycles. The minimum Gasteiger partial charge on any atom is -0.497 e. The number of likely N-dealkylation sites (N-methyl/N-ethyl adjacent to an activating group) is 1. The summed E-state index contributed by atoms with van der Waals surface area (Å²) in [6.07, 6.45) is 3.75. The Kier molecular flexibility index (Phi) is 6.90. The van der Waals surface area contributed by atoms with Gasteiger partial charge >= 0.3 is 0 Å². The first-order valence-electron chi connectivity index (χ1n) is 10.5. The number of benzene rings is 1. The molecule has 0 bridgehead atoms. The van der Waals surface area contributed by atoms with Crippen LogP contribution in [0, 0.1) is 11.8 Å². The molecule has 3 rings (SSSR count). The highest BCUT2D eigenvalue weighted by Gasteiger charge is 2.47. The van der Waals surface area contributed by atoms with E-state index in [4.69, 9.17) is 4.74 Å². The molecular formula is C22H32N3O4+. The molecule has 0 radical (unpaired) electrons. The van der Waals surface area contributed by atoms with Gasteiger partial charge in [-0.2, -0.15) is 0 Å². The lowest BCUT2D eigenvalue weighted by Gasteiger charge is -2.23. The molecule has 2 N–H and O–H groups in total. The number of methoxy groups -OCH3 is 1. The molecule has 0 spiro atoms. The highest BCUT2D eigenvalue weighted by atomic mass is 16.5. The van der Waals surface area contributed by atoms with Gasteiger partial charge in [0.2, 0.25) is 17.7 Å². The Morgan fingerprint density at radius 2 is 1.86 bits per heavy atom. The van der Waals surface area contributed by atoms with Crippen molar-refractivity contribution >= 4 is 17.7 Å². The van der Waals surface area contributed by atoms with Crippen molar-refractivity contribution in [3.8, 4) is 5.75 Å². The van der Waals surface area contributed by atoms with Gasteiger partial charge < -0.3 is 15.0 Å². The molecule has 1 aromatic carbocycles. The van der Waals surface area contributed by atoms with Gasteiger partial charge in [0.05, 0.1) is 39.6 Å². The Morgan fingerprint density at radius 3 is 2.45 bits per heavy atom. The van der Waals surface area contributed by atoms with Crippen LogP contribution < -0.4 is 15.0 Å². The van der Waals surface area contributed by atoms with Crippen LogP contribution in [-0.2, 0) is 14.4 Å². The van der Waals surface area contributed by atoms with E-state index < -0.39 is 0 Å². The molecule has 7 heteroatoms. The van der Waals surface area contributed by atoms with Crippen LogP contribution in [0.15, 0.2) is 24.3 Å². The van der Waals surface area contributed by atoms with E-state index >= 15 is 0 Å². The van der Waals surface area contributed by atoms with E-state index in [0.717, 1.165) is 37.0 Å². The number of rotatable bonds is 8. The summed E-state index contributed by atoms with van der Waals surface area (Å²) >= 11 is 0. The van der Waals surface area contributed by atoms with Gasteiger partial charge in [0.1, 0.15) is 11.8 Å². The summed E-state index contributed by atoms with van der Waals surface area (Å²) in [6.45, 7) is 0.649. The third-order valence-electron chi connectivity index (χ3n) is 6.19. The minimum atomic E-state index is -0.158. The Labute approximate surface area is 172 Å². The fourth-order valence-electron chi connectivity index (χ4n) is 4.48. The molecule has 3 atom stereocenters. The summed E-state index contributed by atoms with van der Waals surface area (Å²) in [6, 6.07) is 7.91. The van der Waals surface area contributed by atoms with Gasteiger partial charge in [0.25, 0.3) is 0 Å². The highest BCUT2D eigenvalue weighted by molar-refractivity contribution is 6.05. The van der Waals surface area contributed by atoms with E-state index in [9.17, 15) is 14.4 Å². The maximum Gasteiger partial charge on any atom is 0.233 e. The first-order valence-corrected chi connectivity index (χ1v) is 10.5. The van der Waals surface area contributed by atoms with E-state index in [2.05, 4.69) is 5.32 Å². The lowest BCUT2D eigenvalue weighted by atomic mass is 9.81. The molecule has 1 aliphatic heterocycles. The predicted molar refractivity (Wildman–Crippen MR) is 108 cm³/mol. The molecule has 158 valence electrons. The number of fused-ring (bicyclic) bond motifs is 1. The fourth-order valence-corrected chi connectivity index (χ4v) is 4.48. The van der Waals surface area contributed by atoms with Crippen LogP contribution in [0.4, 0.5) is 0 Å². The first kappa shape index (κ1) is 21.3. The van der Waals surface area contributed by atoms with Crippen molar-refractivity contribution in [1.29, 1.82) is 0 Å². The third-order valence-corrected chi connectivity index (χ3v) is 6.19. The predicted octanol–water partition coefficient (Wildman–Crippen LogP) is 0.562. The molecule has 3 amide bonds. The van der Waals surface area contributed by atoms with Crippen LogP contribution in [0.1, 0.15) is 43.7 Å². The number of amides is 3. The second-order valence-corrected chi connectivity index (χ2v) is 8.29. The number of hydrogen-bond donors (Lipinski definition) is 2. The monoisotopic (exact) mass is 402 g/mol. The van der Waals surface area contributed by atoms with Crippen LogP contribution >= 0.6 is 0 Å². The van der Waals surface area contributed by atoms with Crippen LogP contribution in [0.2, 0.25) is 0 Å². The van der Waals surface area contributed by atoms with Crippen LogP contribution in [0.5, 0.6) is 5.75 Å². The van der Waals surface area contributed by atoms with Crippen molar-refractivity contribution in [2.75, 3.05) is 34.3 Å². The maximum atomic E-state index is 12.5. The normalized spacial score (nSPS) is 22.6. The molecule has 1 saturated carbocycles. The molecule has 1 aromatic rings. The summed E-state index contributed by atoms with van der Waals surface area (Å²) in [5.74, 6) is 0.157. The second kappa shape index (κ2) is 9.39. The van der Waals surface area contributed by atoms with Gasteiger partial charge in [0.15, 0.2) is 0 Å². The van der Waals surface area contributed by atoms with Gasteiger partial charge in [0, 0.05) is 18.5 Å². The van der Waals surface area contributed by atoms with E-state index in [1.165, 1.54) is 9.80 Å². The van der Waals surface area contributed by atoms with E-state index in [0.29, 0.717) is 6.54 Å². The summed E-state index contributed by atoms with van der Waals surface area (Å²) in [7, 11) is 5.72. The van der Waals surface area contributed by atoms with E-state index in [1.54, 1.807) is 7.11 Å². The molecule has 1 heterocycles. The molecule has 2 fully saturated rings. The van der Waals surface area contributed by atoms with Crippen molar-refractivity contribution in [1.82, 2.24) is 10.2 Å². The van der Waals surface area contributed by atoms with Crippen molar-refractivity contribution in [2.45, 2.75) is 38.1 Å². The minimum absolute atomic E-state index is 0.0759. The molecule has 1 aliphatic carbocycles. The molecule has 29 heavy (non-hydrogen) atoms. The summed E-state index contributed by atoms with van der Waals surface area (Å²) in [4.78, 5) is 40.0. The Balaban J connectivity index is 1.53. The standard InChI is InChI=1S/C22H31N3O4/c1-24(2)19(15-7-6-8-16(13-15)29-3)14-23-20(26)11-12-25-21(27)17-9-4-5-10-18(17)22(25)28/h6-8,13,17-19H,4-5,9-12,14H2,1-3H3,(H,23,26)/p+1/t17-,18-,19-/m0/s1. The van der Waals surface area contributed by atoms with Crippen molar-refractivity contribution in [2.24, 2.45) is 11.8 Å². The summed E-state index contributed by atoms with van der Waals surface area (Å²) in [5.41, 5.74) is 1.08. The SMILES string of the molecule is COc1cccc([C@H](CNC(=O)CCN2C(=O)[C@H]3CCCC[C@@H]3C2=O)[NH+](C)C)c1. The molecule has 0 unspecified atom stereocenters. The van der Waals surface area contributed by atoms with Crippen LogP contribution in [0.3, 0.4) is 0 Å². The second-order valence-electron chi connectivity index (χ2n) is 8.29.